The highest BCUT2D eigenvalue weighted by atomic mass is 19.3. The number of hydrogen-bond donors (Lipinski definition) is 1. The number of rotatable bonds is 5. The molecule has 0 unspecified atom stereocenters. The van der Waals surface area contributed by atoms with Gasteiger partial charge in [-0.3, -0.25) is 0 Å². The normalized spacial score (nSPS) is 16.5. The van der Waals surface area contributed by atoms with Gasteiger partial charge in [-0.05, 0) is 32.4 Å². The molecule has 0 amide bonds. The molecule has 0 fully saturated rings. The van der Waals surface area contributed by atoms with Crippen LogP contribution >= 0.6 is 0 Å². The molecule has 19 heavy (non-hydrogen) atoms. The minimum absolute atomic E-state index is 0.0426. The number of nitrogens with one attached hydrogen (secondary N) is 1. The van der Waals surface area contributed by atoms with Gasteiger partial charge in [-0.25, -0.2) is 0 Å². The van der Waals surface area contributed by atoms with Crippen LogP contribution in [0.5, 0.6) is 11.5 Å². The quantitative estimate of drug-likeness (QED) is 0.894. The van der Waals surface area contributed by atoms with E-state index >= 15 is 0 Å². The Labute approximate surface area is 110 Å². The molecule has 1 aliphatic rings. The lowest BCUT2D eigenvalue weighted by atomic mass is 10.1. The summed E-state index contributed by atoms with van der Waals surface area (Å²) in [6.07, 6.45) is -2.78. The van der Waals surface area contributed by atoms with Crippen molar-refractivity contribution in [2.24, 2.45) is 0 Å². The summed E-state index contributed by atoms with van der Waals surface area (Å²) < 4.78 is 39.7. The first kappa shape index (κ1) is 13.9. The monoisotopic (exact) mass is 273 g/mol. The van der Waals surface area contributed by atoms with E-state index in [1.807, 2.05) is 13.8 Å². The number of anilines is 1. The molecule has 4 nitrogen and oxygen atoms in total. The van der Waals surface area contributed by atoms with Crippen molar-refractivity contribution in [3.05, 3.63) is 18.2 Å². The van der Waals surface area contributed by atoms with Crippen molar-refractivity contribution in [2.45, 2.75) is 32.2 Å². The largest absolute Gasteiger partial charge is 0.586 e. The van der Waals surface area contributed by atoms with Gasteiger partial charge in [0, 0.05) is 25.4 Å². The summed E-state index contributed by atoms with van der Waals surface area (Å²) >= 11 is 0. The zero-order valence-electron chi connectivity index (χ0n) is 11.1. The molecule has 6 heteroatoms. The van der Waals surface area contributed by atoms with E-state index in [9.17, 15) is 8.78 Å². The minimum Gasteiger partial charge on any atom is -0.395 e. The van der Waals surface area contributed by atoms with Crippen LogP contribution < -0.4 is 14.8 Å². The van der Waals surface area contributed by atoms with Gasteiger partial charge in [-0.15, -0.1) is 8.78 Å². The first-order valence-corrected chi connectivity index (χ1v) is 6.00. The summed E-state index contributed by atoms with van der Waals surface area (Å²) in [5.74, 6) is 0.0915. The molecule has 1 aromatic carbocycles. The van der Waals surface area contributed by atoms with Crippen LogP contribution in [0.15, 0.2) is 18.2 Å². The molecule has 2 rings (SSSR count). The highest BCUT2D eigenvalue weighted by Gasteiger charge is 2.43. The summed E-state index contributed by atoms with van der Waals surface area (Å²) in [7, 11) is 1.66. The maximum absolute atomic E-state index is 12.8. The molecule has 0 aromatic heterocycles. The Morgan fingerprint density at radius 1 is 1.26 bits per heavy atom. The number of alkyl halides is 2. The van der Waals surface area contributed by atoms with Crippen molar-refractivity contribution in [3.63, 3.8) is 0 Å². The lowest BCUT2D eigenvalue weighted by Gasteiger charge is -2.23. The summed E-state index contributed by atoms with van der Waals surface area (Å²) in [4.78, 5) is 0. The van der Waals surface area contributed by atoms with Gasteiger partial charge in [0.15, 0.2) is 11.5 Å². The standard InChI is InChI=1S/C13H17F2NO3/c1-12(2,17-3)6-7-16-9-4-5-10-11(8-9)19-13(14,15)18-10/h4-5,8,16H,6-7H2,1-3H3. The smallest absolute Gasteiger partial charge is 0.395 e. The molecule has 1 N–H and O–H groups in total. The first-order chi connectivity index (χ1) is 8.81. The highest BCUT2D eigenvalue weighted by Crippen LogP contribution is 2.42. The van der Waals surface area contributed by atoms with E-state index in [4.69, 9.17) is 4.74 Å². The molecule has 0 spiro atoms. The Bertz CT molecular complexity index is 463. The van der Waals surface area contributed by atoms with Crippen LogP contribution in [0.1, 0.15) is 20.3 Å². The van der Waals surface area contributed by atoms with Gasteiger partial charge < -0.3 is 19.5 Å². The van der Waals surface area contributed by atoms with Crippen molar-refractivity contribution in [1.29, 1.82) is 0 Å². The van der Waals surface area contributed by atoms with Crippen molar-refractivity contribution in [2.75, 3.05) is 19.0 Å². The predicted octanol–water partition coefficient (Wildman–Crippen LogP) is 3.24. The molecule has 1 heterocycles. The molecule has 0 bridgehead atoms. The zero-order valence-corrected chi connectivity index (χ0v) is 11.1. The van der Waals surface area contributed by atoms with E-state index in [1.165, 1.54) is 12.1 Å². The molecule has 0 atom stereocenters. The van der Waals surface area contributed by atoms with Crippen LogP contribution in [0.2, 0.25) is 0 Å². The predicted molar refractivity (Wildman–Crippen MR) is 66.8 cm³/mol. The summed E-state index contributed by atoms with van der Waals surface area (Å²) in [6, 6.07) is 4.62. The van der Waals surface area contributed by atoms with Crippen LogP contribution in [0, 0.1) is 0 Å². The molecular formula is C13H17F2NO3. The number of fused-ring (bicyclic) bond motifs is 1. The van der Waals surface area contributed by atoms with Gasteiger partial charge in [-0.2, -0.15) is 0 Å². The van der Waals surface area contributed by atoms with E-state index in [1.54, 1.807) is 13.2 Å². The fourth-order valence-corrected chi connectivity index (χ4v) is 1.67. The molecule has 0 saturated carbocycles. The SMILES string of the molecule is COC(C)(C)CCNc1ccc2c(c1)OC(F)(F)O2. The number of hydrogen-bond acceptors (Lipinski definition) is 4. The van der Waals surface area contributed by atoms with Crippen molar-refractivity contribution >= 4 is 5.69 Å². The fraction of sp³-hybridized carbons (Fsp3) is 0.538. The minimum atomic E-state index is -3.57. The van der Waals surface area contributed by atoms with Crippen molar-refractivity contribution in [3.8, 4) is 11.5 Å². The van der Waals surface area contributed by atoms with E-state index in [-0.39, 0.29) is 17.1 Å². The van der Waals surface area contributed by atoms with Crippen LogP contribution in [0.25, 0.3) is 0 Å². The first-order valence-electron chi connectivity index (χ1n) is 6.00. The van der Waals surface area contributed by atoms with Gasteiger partial charge >= 0.3 is 6.29 Å². The van der Waals surface area contributed by atoms with Crippen molar-refractivity contribution < 1.29 is 23.0 Å². The van der Waals surface area contributed by atoms with E-state index < -0.39 is 6.29 Å². The Morgan fingerprint density at radius 2 is 1.95 bits per heavy atom. The molecule has 0 radical (unpaired) electrons. The maximum atomic E-state index is 12.8. The molecule has 1 aromatic rings. The van der Waals surface area contributed by atoms with Crippen LogP contribution in [-0.4, -0.2) is 25.6 Å². The number of halogens is 2. The highest BCUT2D eigenvalue weighted by molar-refractivity contribution is 5.55. The second-order valence-corrected chi connectivity index (χ2v) is 4.97. The summed E-state index contributed by atoms with van der Waals surface area (Å²) in [6.45, 7) is 4.63. The van der Waals surface area contributed by atoms with Gasteiger partial charge in [0.05, 0.1) is 5.60 Å². The number of ether oxygens (including phenoxy) is 3. The average molecular weight is 273 g/mol. The molecule has 0 aliphatic carbocycles. The lowest BCUT2D eigenvalue weighted by molar-refractivity contribution is -0.286. The van der Waals surface area contributed by atoms with E-state index in [0.717, 1.165) is 6.42 Å². The third kappa shape index (κ3) is 3.47. The lowest BCUT2D eigenvalue weighted by Crippen LogP contribution is -2.26. The van der Waals surface area contributed by atoms with Crippen LogP contribution in [-0.2, 0) is 4.74 Å². The molecular weight excluding hydrogens is 256 g/mol. The van der Waals surface area contributed by atoms with Gasteiger partial charge in [0.2, 0.25) is 0 Å². The molecule has 0 saturated heterocycles. The second kappa shape index (κ2) is 4.85. The molecule has 1 aliphatic heterocycles. The van der Waals surface area contributed by atoms with Crippen LogP contribution in [0.4, 0.5) is 14.5 Å². The third-order valence-electron chi connectivity index (χ3n) is 3.01. The Balaban J connectivity index is 1.94. The van der Waals surface area contributed by atoms with Crippen LogP contribution in [0.3, 0.4) is 0 Å². The van der Waals surface area contributed by atoms with E-state index in [0.29, 0.717) is 12.2 Å². The Kier molecular flexibility index (Phi) is 3.54. The number of benzene rings is 1. The summed E-state index contributed by atoms with van der Waals surface area (Å²) in [5.41, 5.74) is 0.475. The average Bonchev–Trinajstić information content (AvgIpc) is 2.62. The van der Waals surface area contributed by atoms with Gasteiger partial charge in [-0.1, -0.05) is 0 Å². The Morgan fingerprint density at radius 3 is 2.63 bits per heavy atom. The fourth-order valence-electron chi connectivity index (χ4n) is 1.67. The van der Waals surface area contributed by atoms with Gasteiger partial charge in [0.25, 0.3) is 0 Å². The Hall–Kier alpha value is -1.56. The van der Waals surface area contributed by atoms with Crippen molar-refractivity contribution in [1.82, 2.24) is 0 Å². The topological polar surface area (TPSA) is 39.7 Å². The third-order valence-corrected chi connectivity index (χ3v) is 3.01. The summed E-state index contributed by atoms with van der Waals surface area (Å²) in [5, 5.41) is 3.13. The second-order valence-electron chi connectivity index (χ2n) is 4.97. The maximum Gasteiger partial charge on any atom is 0.586 e. The number of methoxy groups -OCH3 is 1. The molecule has 106 valence electrons. The van der Waals surface area contributed by atoms with E-state index in [2.05, 4.69) is 14.8 Å². The van der Waals surface area contributed by atoms with Gasteiger partial charge in [0.1, 0.15) is 0 Å². The zero-order chi connectivity index (χ0) is 14.1.